The number of ether oxygens (including phenoxy) is 1. The molecule has 0 saturated carbocycles. The van der Waals surface area contributed by atoms with Crippen LogP contribution in [-0.4, -0.2) is 21.4 Å². The van der Waals surface area contributed by atoms with Gasteiger partial charge in [-0.05, 0) is 12.2 Å². The van der Waals surface area contributed by atoms with E-state index in [0.717, 1.165) is 12.2 Å². The summed E-state index contributed by atoms with van der Waals surface area (Å²) in [6, 6.07) is 0. The summed E-state index contributed by atoms with van der Waals surface area (Å²) in [5.41, 5.74) is 0. The molecule has 0 aromatic heterocycles. The van der Waals surface area contributed by atoms with Gasteiger partial charge in [0.15, 0.2) is 0 Å². The maximum absolute atomic E-state index is 11.8. The highest BCUT2D eigenvalue weighted by molar-refractivity contribution is 14.1. The van der Waals surface area contributed by atoms with Gasteiger partial charge in [0.25, 0.3) is 0 Å². The van der Waals surface area contributed by atoms with Crippen LogP contribution in [0.3, 0.4) is 0 Å². The lowest BCUT2D eigenvalue weighted by atomic mass is 10.0. The van der Waals surface area contributed by atoms with Gasteiger partial charge in [-0.3, -0.25) is 4.79 Å². The Labute approximate surface area is 96.7 Å². The molecule has 0 spiro atoms. The largest absolute Gasteiger partial charge is 0.573 e. The van der Waals surface area contributed by atoms with Gasteiger partial charge in [-0.25, -0.2) is 0 Å². The Balaban J connectivity index is 2.80. The summed E-state index contributed by atoms with van der Waals surface area (Å²) in [4.78, 5) is 10.7. The smallest absolute Gasteiger partial charge is 0.481 e. The third-order valence-electron chi connectivity index (χ3n) is 1.65. The molecule has 0 radical (unpaired) electrons. The number of hydrogen-bond acceptors (Lipinski definition) is 2. The molecule has 1 aliphatic rings. The third kappa shape index (κ3) is 3.73. The van der Waals surface area contributed by atoms with E-state index in [-0.39, 0.29) is 3.92 Å². The minimum Gasteiger partial charge on any atom is -0.481 e. The zero-order valence-corrected chi connectivity index (χ0v) is 9.32. The minimum absolute atomic E-state index is 0.374. The molecule has 0 aliphatic heterocycles. The zero-order valence-electron chi connectivity index (χ0n) is 7.16. The van der Waals surface area contributed by atoms with Gasteiger partial charge in [-0.2, -0.15) is 0 Å². The lowest BCUT2D eigenvalue weighted by molar-refractivity contribution is -0.303. The number of rotatable bonds is 2. The van der Waals surface area contributed by atoms with E-state index in [9.17, 15) is 18.0 Å². The topological polar surface area (TPSA) is 46.5 Å². The van der Waals surface area contributed by atoms with Crippen LogP contribution in [0, 0.1) is 5.92 Å². The predicted octanol–water partition coefficient (Wildman–Crippen LogP) is 2.48. The fraction of sp³-hybridized carbons (Fsp3) is 0.375. The summed E-state index contributed by atoms with van der Waals surface area (Å²) in [5.74, 6) is -2.65. The number of carboxylic acids is 1. The Morgan fingerprint density at radius 2 is 2.13 bits per heavy atom. The molecule has 1 N–H and O–H groups in total. The third-order valence-corrected chi connectivity index (χ3v) is 2.84. The molecule has 1 aliphatic carbocycles. The second-order valence-electron chi connectivity index (χ2n) is 2.78. The molecule has 3 nitrogen and oxygen atoms in total. The molecule has 84 valence electrons. The van der Waals surface area contributed by atoms with E-state index in [1.165, 1.54) is 6.08 Å². The molecule has 1 rings (SSSR count). The fourth-order valence-corrected chi connectivity index (χ4v) is 1.76. The zero-order chi connectivity index (χ0) is 11.6. The molecular formula is C8H6F3IO3. The number of carboxylic acid groups (broad SMARTS) is 1. The van der Waals surface area contributed by atoms with E-state index in [2.05, 4.69) is 4.74 Å². The minimum atomic E-state index is -4.79. The average molecular weight is 334 g/mol. The number of carbonyl (C=O) groups is 1. The maximum atomic E-state index is 11.8. The van der Waals surface area contributed by atoms with E-state index < -0.39 is 24.0 Å². The van der Waals surface area contributed by atoms with Crippen LogP contribution in [-0.2, 0) is 9.53 Å². The molecule has 0 heterocycles. The van der Waals surface area contributed by atoms with E-state index in [1.807, 2.05) is 22.6 Å². The highest BCUT2D eigenvalue weighted by Crippen LogP contribution is 2.28. The van der Waals surface area contributed by atoms with Crippen molar-refractivity contribution in [1.82, 2.24) is 0 Å². The van der Waals surface area contributed by atoms with Crippen LogP contribution >= 0.6 is 22.6 Å². The standard InChI is InChI=1S/C8H6F3IO3/c9-8(10,11)15-4-1-2-6(12)5(3-4)7(13)14/h1-3,5-6H,(H,13,14)/t5-,6-/m1/s1. The van der Waals surface area contributed by atoms with Gasteiger partial charge >= 0.3 is 12.3 Å². The van der Waals surface area contributed by atoms with Crippen LogP contribution in [0.2, 0.25) is 0 Å². The second kappa shape index (κ2) is 4.42. The SMILES string of the molecule is O=C(O)[C@@H]1C=C(OC(F)(F)F)C=C[C@H]1I. The summed E-state index contributed by atoms with van der Waals surface area (Å²) in [5, 5.41) is 8.70. The van der Waals surface area contributed by atoms with Crippen molar-refractivity contribution in [2.24, 2.45) is 5.92 Å². The molecule has 0 fully saturated rings. The van der Waals surface area contributed by atoms with Gasteiger partial charge in [0.1, 0.15) is 5.76 Å². The first kappa shape index (κ1) is 12.3. The van der Waals surface area contributed by atoms with Gasteiger partial charge in [0.2, 0.25) is 0 Å². The molecule has 0 unspecified atom stereocenters. The Kier molecular flexibility index (Phi) is 3.63. The van der Waals surface area contributed by atoms with Gasteiger partial charge in [0, 0.05) is 3.92 Å². The van der Waals surface area contributed by atoms with E-state index in [4.69, 9.17) is 5.11 Å². The van der Waals surface area contributed by atoms with Crippen LogP contribution in [0.1, 0.15) is 0 Å². The van der Waals surface area contributed by atoms with Crippen molar-refractivity contribution in [2.45, 2.75) is 10.3 Å². The first-order valence-corrected chi connectivity index (χ1v) is 5.07. The van der Waals surface area contributed by atoms with Crippen molar-refractivity contribution >= 4 is 28.6 Å². The number of alkyl halides is 4. The molecule has 7 heteroatoms. The molecule has 15 heavy (non-hydrogen) atoms. The summed E-state index contributed by atoms with van der Waals surface area (Å²) < 4.78 is 38.7. The lowest BCUT2D eigenvalue weighted by Crippen LogP contribution is -2.24. The number of hydrogen-bond donors (Lipinski definition) is 1. The van der Waals surface area contributed by atoms with E-state index in [1.54, 1.807) is 0 Å². The monoisotopic (exact) mass is 334 g/mol. The average Bonchev–Trinajstić information content (AvgIpc) is 2.05. The lowest BCUT2D eigenvalue weighted by Gasteiger charge is -2.19. The normalized spacial score (nSPS) is 26.0. The van der Waals surface area contributed by atoms with Crippen molar-refractivity contribution in [3.05, 3.63) is 24.0 Å². The van der Waals surface area contributed by atoms with Crippen molar-refractivity contribution < 1.29 is 27.8 Å². The Bertz CT molecular complexity index is 322. The molecular weight excluding hydrogens is 328 g/mol. The first-order chi connectivity index (χ1) is 6.79. The maximum Gasteiger partial charge on any atom is 0.573 e. The second-order valence-corrected chi connectivity index (χ2v) is 4.22. The number of halogens is 4. The van der Waals surface area contributed by atoms with Gasteiger partial charge in [0.05, 0.1) is 5.92 Å². The quantitative estimate of drug-likeness (QED) is 0.623. The molecule has 0 aromatic carbocycles. The highest BCUT2D eigenvalue weighted by atomic mass is 127. The number of allylic oxidation sites excluding steroid dienone is 2. The Hall–Kier alpha value is -0.730. The Morgan fingerprint density at radius 3 is 2.60 bits per heavy atom. The van der Waals surface area contributed by atoms with Crippen LogP contribution < -0.4 is 0 Å². The van der Waals surface area contributed by atoms with E-state index in [0.29, 0.717) is 0 Å². The first-order valence-electron chi connectivity index (χ1n) is 3.82. The predicted molar refractivity (Wildman–Crippen MR) is 53.3 cm³/mol. The molecule has 0 saturated heterocycles. The van der Waals surface area contributed by atoms with E-state index >= 15 is 0 Å². The summed E-state index contributed by atoms with van der Waals surface area (Å²) >= 11 is 1.83. The van der Waals surface area contributed by atoms with Crippen molar-refractivity contribution in [3.63, 3.8) is 0 Å². The molecule has 0 amide bonds. The van der Waals surface area contributed by atoms with Crippen LogP contribution in [0.4, 0.5) is 13.2 Å². The van der Waals surface area contributed by atoms with Crippen LogP contribution in [0.5, 0.6) is 0 Å². The van der Waals surface area contributed by atoms with Crippen molar-refractivity contribution in [1.29, 1.82) is 0 Å². The highest BCUT2D eigenvalue weighted by Gasteiger charge is 2.34. The molecule has 2 atom stereocenters. The number of aliphatic carboxylic acids is 1. The van der Waals surface area contributed by atoms with Crippen molar-refractivity contribution in [2.75, 3.05) is 0 Å². The van der Waals surface area contributed by atoms with Crippen LogP contribution in [0.25, 0.3) is 0 Å². The fourth-order valence-electron chi connectivity index (χ4n) is 1.04. The van der Waals surface area contributed by atoms with Gasteiger partial charge in [-0.15, -0.1) is 13.2 Å². The van der Waals surface area contributed by atoms with Crippen molar-refractivity contribution in [3.8, 4) is 0 Å². The van der Waals surface area contributed by atoms with Gasteiger partial charge in [-0.1, -0.05) is 28.7 Å². The Morgan fingerprint density at radius 1 is 1.53 bits per heavy atom. The molecule has 0 aromatic rings. The molecule has 0 bridgehead atoms. The van der Waals surface area contributed by atoms with Crippen LogP contribution in [0.15, 0.2) is 24.0 Å². The summed E-state index contributed by atoms with van der Waals surface area (Å²) in [6.07, 6.45) is -1.37. The summed E-state index contributed by atoms with van der Waals surface area (Å²) in [7, 11) is 0. The summed E-state index contributed by atoms with van der Waals surface area (Å²) in [6.45, 7) is 0. The van der Waals surface area contributed by atoms with Gasteiger partial charge < -0.3 is 9.84 Å².